The van der Waals surface area contributed by atoms with Crippen LogP contribution in [0, 0.1) is 11.3 Å². The maximum absolute atomic E-state index is 13.1. The van der Waals surface area contributed by atoms with E-state index in [4.69, 9.17) is 5.41 Å². The predicted octanol–water partition coefficient (Wildman–Crippen LogP) is 1.85. The van der Waals surface area contributed by atoms with Crippen LogP contribution in [0.2, 0.25) is 0 Å². The van der Waals surface area contributed by atoms with E-state index in [0.29, 0.717) is 37.6 Å². The molecule has 1 atom stereocenters. The van der Waals surface area contributed by atoms with E-state index >= 15 is 0 Å². The van der Waals surface area contributed by atoms with Crippen molar-refractivity contribution in [2.24, 2.45) is 5.92 Å². The van der Waals surface area contributed by atoms with Gasteiger partial charge >= 0.3 is 5.69 Å². The summed E-state index contributed by atoms with van der Waals surface area (Å²) in [4.78, 5) is 41.4. The van der Waals surface area contributed by atoms with Crippen molar-refractivity contribution < 1.29 is 18.7 Å². The second kappa shape index (κ2) is 9.32. The third kappa shape index (κ3) is 5.52. The Morgan fingerprint density at radius 1 is 1.00 bits per heavy atom. The second-order valence-electron chi connectivity index (χ2n) is 9.53. The minimum absolute atomic E-state index is 0.00188. The van der Waals surface area contributed by atoms with Gasteiger partial charge in [0.1, 0.15) is 11.6 Å². The van der Waals surface area contributed by atoms with Crippen molar-refractivity contribution in [3.8, 4) is 5.88 Å². The van der Waals surface area contributed by atoms with Gasteiger partial charge < -0.3 is 31.5 Å². The van der Waals surface area contributed by atoms with E-state index in [1.165, 1.54) is 6.08 Å². The van der Waals surface area contributed by atoms with Crippen LogP contribution in [0.15, 0.2) is 4.79 Å². The van der Waals surface area contributed by atoms with E-state index in [0.717, 1.165) is 19.1 Å². The quantitative estimate of drug-likeness (QED) is 0.253. The van der Waals surface area contributed by atoms with Crippen LogP contribution in [0.4, 0.5) is 20.7 Å². The SMILES string of the molecule is N=C/C(=C/c1[nH]c(=O)[nH]c1O)c1nc(NC2CCC(NC(=O)C3CC3(F)F)CC2)nc(NC2CC2)n1. The summed E-state index contributed by atoms with van der Waals surface area (Å²) in [7, 11) is 0. The number of aromatic amines is 2. The molecule has 3 aliphatic carbocycles. The van der Waals surface area contributed by atoms with E-state index in [-0.39, 0.29) is 47.5 Å². The zero-order valence-electron chi connectivity index (χ0n) is 19.3. The molecular formula is C22H27F2N9O3. The first-order valence-electron chi connectivity index (χ1n) is 11.9. The molecular weight excluding hydrogens is 476 g/mol. The van der Waals surface area contributed by atoms with E-state index in [1.54, 1.807) is 0 Å². The third-order valence-electron chi connectivity index (χ3n) is 6.54. The molecule has 12 nitrogen and oxygen atoms in total. The number of aromatic hydroxyl groups is 1. The first-order valence-corrected chi connectivity index (χ1v) is 11.9. The standard InChI is InChI=1S/C22H27F2N9O3/c23-22(24)8-14(22)17(34)26-11-1-3-12(4-2-11)27-19-30-16(31-20(33-19)28-13-5-6-13)10(9-25)7-15-18(35)32-21(36)29-15/h7,9,11-14,25,35H,1-6,8H2,(H,26,34)(H2,29,32,36)(H2,27,28,30,31,33)/b10-7-,25-9?. The number of amides is 1. The molecule has 5 rings (SSSR count). The van der Waals surface area contributed by atoms with Gasteiger partial charge in [-0.05, 0) is 44.6 Å². The molecule has 36 heavy (non-hydrogen) atoms. The Morgan fingerprint density at radius 3 is 2.03 bits per heavy atom. The minimum Gasteiger partial charge on any atom is -0.493 e. The van der Waals surface area contributed by atoms with Crippen LogP contribution in [-0.2, 0) is 4.79 Å². The molecule has 7 N–H and O–H groups in total. The van der Waals surface area contributed by atoms with Crippen molar-refractivity contribution >= 4 is 35.7 Å². The number of alkyl halides is 2. The molecule has 3 saturated carbocycles. The smallest absolute Gasteiger partial charge is 0.326 e. The number of hydrogen-bond donors (Lipinski definition) is 7. The Labute approximate surface area is 203 Å². The van der Waals surface area contributed by atoms with Crippen molar-refractivity contribution in [2.75, 3.05) is 10.6 Å². The summed E-state index contributed by atoms with van der Waals surface area (Å²) in [6.07, 6.45) is 6.67. The number of nitrogens with one attached hydrogen (secondary N) is 6. The Bertz CT molecular complexity index is 1250. The molecule has 3 fully saturated rings. The van der Waals surface area contributed by atoms with Crippen LogP contribution >= 0.6 is 0 Å². The average Bonchev–Trinajstić information content (AvgIpc) is 3.73. The molecule has 3 aliphatic rings. The van der Waals surface area contributed by atoms with E-state index in [9.17, 15) is 23.5 Å². The van der Waals surface area contributed by atoms with Gasteiger partial charge in [-0.1, -0.05) is 0 Å². The number of carbonyl (C=O) groups is 1. The average molecular weight is 504 g/mol. The van der Waals surface area contributed by atoms with Gasteiger partial charge in [-0.3, -0.25) is 9.78 Å². The van der Waals surface area contributed by atoms with Crippen molar-refractivity contribution in [2.45, 2.75) is 69.0 Å². The Kier molecular flexibility index (Phi) is 6.18. The molecule has 0 spiro atoms. The van der Waals surface area contributed by atoms with E-state index in [2.05, 4.69) is 40.9 Å². The lowest BCUT2D eigenvalue weighted by Gasteiger charge is -2.29. The number of allylic oxidation sites excluding steroid dienone is 1. The van der Waals surface area contributed by atoms with Gasteiger partial charge in [-0.15, -0.1) is 0 Å². The van der Waals surface area contributed by atoms with E-state index in [1.807, 2.05) is 0 Å². The monoisotopic (exact) mass is 503 g/mol. The third-order valence-corrected chi connectivity index (χ3v) is 6.54. The number of hydrogen-bond acceptors (Lipinski definition) is 9. The Morgan fingerprint density at radius 2 is 1.56 bits per heavy atom. The molecule has 0 bridgehead atoms. The van der Waals surface area contributed by atoms with Crippen molar-refractivity contribution in [1.29, 1.82) is 5.41 Å². The molecule has 1 amide bonds. The molecule has 192 valence electrons. The van der Waals surface area contributed by atoms with Crippen LogP contribution in [0.3, 0.4) is 0 Å². The van der Waals surface area contributed by atoms with Gasteiger partial charge in [0.2, 0.25) is 23.7 Å². The topological polar surface area (TPSA) is 185 Å². The maximum atomic E-state index is 13.1. The molecule has 1 unspecified atom stereocenters. The predicted molar refractivity (Wildman–Crippen MR) is 127 cm³/mol. The highest BCUT2D eigenvalue weighted by Gasteiger charge is 2.61. The molecule has 0 aromatic carbocycles. The fraction of sp³-hybridized carbons (Fsp3) is 0.545. The lowest BCUT2D eigenvalue weighted by atomic mass is 9.91. The minimum atomic E-state index is -2.87. The zero-order valence-corrected chi connectivity index (χ0v) is 19.3. The summed E-state index contributed by atoms with van der Waals surface area (Å²) >= 11 is 0. The first kappa shape index (κ1) is 23.9. The molecule has 2 heterocycles. The number of aromatic nitrogens is 5. The van der Waals surface area contributed by atoms with Crippen LogP contribution in [0.1, 0.15) is 56.5 Å². The zero-order chi connectivity index (χ0) is 25.4. The number of imidazole rings is 1. The number of anilines is 2. The van der Waals surface area contributed by atoms with Crippen LogP contribution in [0.25, 0.3) is 11.6 Å². The van der Waals surface area contributed by atoms with Gasteiger partial charge in [-0.25, -0.2) is 13.6 Å². The van der Waals surface area contributed by atoms with Gasteiger partial charge in [0.05, 0.1) is 0 Å². The van der Waals surface area contributed by atoms with Crippen molar-refractivity contribution in [3.63, 3.8) is 0 Å². The van der Waals surface area contributed by atoms with Crippen molar-refractivity contribution in [1.82, 2.24) is 30.2 Å². The maximum Gasteiger partial charge on any atom is 0.326 e. The van der Waals surface area contributed by atoms with Crippen molar-refractivity contribution in [3.05, 3.63) is 22.0 Å². The van der Waals surface area contributed by atoms with Gasteiger partial charge in [0.25, 0.3) is 5.92 Å². The molecule has 2 aromatic rings. The largest absolute Gasteiger partial charge is 0.493 e. The lowest BCUT2D eigenvalue weighted by molar-refractivity contribution is -0.125. The van der Waals surface area contributed by atoms with Crippen LogP contribution in [0.5, 0.6) is 5.88 Å². The van der Waals surface area contributed by atoms with Crippen LogP contribution in [-0.4, -0.2) is 66.2 Å². The van der Waals surface area contributed by atoms with Gasteiger partial charge in [-0.2, -0.15) is 15.0 Å². The Balaban J connectivity index is 1.28. The number of carbonyl (C=O) groups excluding carboxylic acids is 1. The summed E-state index contributed by atoms with van der Waals surface area (Å²) in [5, 5.41) is 26.9. The normalized spacial score (nSPS) is 25.2. The van der Waals surface area contributed by atoms with E-state index < -0.39 is 23.4 Å². The highest BCUT2D eigenvalue weighted by atomic mass is 19.3. The number of rotatable bonds is 9. The van der Waals surface area contributed by atoms with Gasteiger partial charge in [0, 0.05) is 36.3 Å². The number of nitrogens with zero attached hydrogens (tertiary/aromatic N) is 3. The summed E-state index contributed by atoms with van der Waals surface area (Å²) in [6.45, 7) is 0. The summed E-state index contributed by atoms with van der Waals surface area (Å²) in [5.74, 6) is -4.18. The first-order chi connectivity index (χ1) is 17.2. The summed E-state index contributed by atoms with van der Waals surface area (Å²) < 4.78 is 26.3. The second-order valence-corrected chi connectivity index (χ2v) is 9.53. The summed E-state index contributed by atoms with van der Waals surface area (Å²) in [5.41, 5.74) is -0.252. The number of H-pyrrole nitrogens is 2. The molecule has 0 saturated heterocycles. The number of halogens is 2. The van der Waals surface area contributed by atoms with Gasteiger partial charge in [0.15, 0.2) is 5.82 Å². The fourth-order valence-corrected chi connectivity index (χ4v) is 4.23. The highest BCUT2D eigenvalue weighted by molar-refractivity contribution is 6.13. The lowest BCUT2D eigenvalue weighted by Crippen LogP contribution is -2.41. The fourth-order valence-electron chi connectivity index (χ4n) is 4.23. The molecule has 0 aliphatic heterocycles. The molecule has 14 heteroatoms. The molecule has 2 aromatic heterocycles. The summed E-state index contributed by atoms with van der Waals surface area (Å²) in [6, 6.07) is 0.127. The van der Waals surface area contributed by atoms with Crippen LogP contribution < -0.4 is 21.6 Å². The Hall–Kier alpha value is -3.84. The molecule has 0 radical (unpaired) electrons. The highest BCUT2D eigenvalue weighted by Crippen LogP contribution is 2.48.